The van der Waals surface area contributed by atoms with Crippen molar-refractivity contribution in [3.05, 3.63) is 41.1 Å². The van der Waals surface area contributed by atoms with Crippen LogP contribution in [0.2, 0.25) is 0 Å². The van der Waals surface area contributed by atoms with E-state index in [2.05, 4.69) is 35.7 Å². The van der Waals surface area contributed by atoms with Gasteiger partial charge in [0.2, 0.25) is 11.8 Å². The highest BCUT2D eigenvalue weighted by molar-refractivity contribution is 5.93. The number of aryl methyl sites for hydroxylation is 1. The van der Waals surface area contributed by atoms with E-state index in [-0.39, 0.29) is 69.0 Å². The summed E-state index contributed by atoms with van der Waals surface area (Å²) in [5.74, 6) is -7.32. The van der Waals surface area contributed by atoms with E-state index in [0.717, 1.165) is 6.92 Å². The van der Waals surface area contributed by atoms with Crippen molar-refractivity contribution in [3.63, 3.8) is 0 Å². The predicted molar refractivity (Wildman–Crippen MR) is 134 cm³/mol. The molecule has 0 radical (unpaired) electrons. The lowest BCUT2D eigenvalue weighted by atomic mass is 9.74. The molecule has 1 atom stereocenters. The topological polar surface area (TPSA) is 137 Å². The number of imidazole rings is 1. The Labute approximate surface area is 232 Å². The van der Waals surface area contributed by atoms with Crippen molar-refractivity contribution in [1.82, 2.24) is 35.5 Å². The van der Waals surface area contributed by atoms with Crippen LogP contribution in [0.3, 0.4) is 0 Å². The molecule has 2 amide bonds. The quantitative estimate of drug-likeness (QED) is 0.386. The number of hydrogen-bond acceptors (Lipinski definition) is 8. The molecule has 2 fully saturated rings. The molecular weight excluding hydrogens is 550 g/mol. The van der Waals surface area contributed by atoms with Crippen LogP contribution in [0.15, 0.2) is 23.1 Å². The van der Waals surface area contributed by atoms with Gasteiger partial charge in [0.05, 0.1) is 36.1 Å². The normalized spacial score (nSPS) is 20.0. The summed E-state index contributed by atoms with van der Waals surface area (Å²) < 4.78 is 66.5. The summed E-state index contributed by atoms with van der Waals surface area (Å²) >= 11 is 0. The van der Waals surface area contributed by atoms with Gasteiger partial charge in [-0.1, -0.05) is 5.16 Å². The molecule has 1 saturated carbocycles. The first-order chi connectivity index (χ1) is 19.4. The molecule has 0 spiro atoms. The smallest absolute Gasteiger partial charge is 0.276 e. The average molecular weight is 582 g/mol. The lowest BCUT2D eigenvalue weighted by molar-refractivity contribution is -0.132. The molecule has 1 aliphatic heterocycles. The zero-order valence-electron chi connectivity index (χ0n) is 22.6. The number of carbonyl (C=O) groups is 2. The number of amides is 2. The molecule has 2 aliphatic rings. The minimum Gasteiger partial charge on any atom is -0.381 e. The zero-order valence-corrected chi connectivity index (χ0v) is 22.6. The molecule has 41 heavy (non-hydrogen) atoms. The van der Waals surface area contributed by atoms with Crippen molar-refractivity contribution >= 4 is 17.5 Å². The van der Waals surface area contributed by atoms with Crippen LogP contribution in [0.5, 0.6) is 0 Å². The fourth-order valence-corrected chi connectivity index (χ4v) is 5.55. The number of aromatic nitrogens is 5. The van der Waals surface area contributed by atoms with Crippen LogP contribution in [-0.4, -0.2) is 68.3 Å². The van der Waals surface area contributed by atoms with Crippen LogP contribution in [0, 0.1) is 12.8 Å². The van der Waals surface area contributed by atoms with Crippen LogP contribution >= 0.6 is 0 Å². The number of alkyl halides is 4. The molecule has 11 nitrogen and oxygen atoms in total. The third-order valence-electron chi connectivity index (χ3n) is 7.94. The monoisotopic (exact) mass is 581 g/mol. The van der Waals surface area contributed by atoms with Crippen molar-refractivity contribution in [2.24, 2.45) is 5.92 Å². The largest absolute Gasteiger partial charge is 0.381 e. The van der Waals surface area contributed by atoms with E-state index in [4.69, 9.17) is 4.74 Å². The standard InChI is InChI=1S/C26H31F4N7O4/c1-15-20(36-41-35-15)22(38)34-21(16-3-5-26(29,30)6-4-16)18-13-37-19(33-18)11-17(12-32-37)25(7-9-40-10-8-25)23(39)31-14-24(2,27)28/h11-13,16,21H,3-10,14H2,1-2H3,(H,31,39)(H,34,38). The first-order valence-corrected chi connectivity index (χ1v) is 13.4. The molecule has 4 heterocycles. The van der Waals surface area contributed by atoms with Gasteiger partial charge in [-0.25, -0.2) is 31.7 Å². The van der Waals surface area contributed by atoms with Gasteiger partial charge in [0.25, 0.3) is 11.8 Å². The number of nitrogens with zero attached hydrogens (tertiary/aromatic N) is 5. The fraction of sp³-hybridized carbons (Fsp3) is 0.615. The van der Waals surface area contributed by atoms with Crippen LogP contribution in [0.4, 0.5) is 17.6 Å². The summed E-state index contributed by atoms with van der Waals surface area (Å²) in [6, 6.07) is 0.914. The molecule has 0 aromatic carbocycles. The van der Waals surface area contributed by atoms with Gasteiger partial charge < -0.3 is 15.4 Å². The van der Waals surface area contributed by atoms with Crippen molar-refractivity contribution in [3.8, 4) is 0 Å². The van der Waals surface area contributed by atoms with E-state index >= 15 is 0 Å². The maximum absolute atomic E-state index is 14.0. The molecule has 1 aliphatic carbocycles. The SMILES string of the molecule is Cc1nonc1C(=O)NC(c1cn2ncc(C3(C(=O)NCC(C)(F)F)CCOCC3)cc2n1)C1CCC(F)(F)CC1. The van der Waals surface area contributed by atoms with Gasteiger partial charge >= 0.3 is 0 Å². The van der Waals surface area contributed by atoms with Crippen LogP contribution in [0.25, 0.3) is 5.65 Å². The second kappa shape index (κ2) is 11.0. The molecule has 1 saturated heterocycles. The fourth-order valence-electron chi connectivity index (χ4n) is 5.55. The summed E-state index contributed by atoms with van der Waals surface area (Å²) in [5, 5.41) is 16.9. The van der Waals surface area contributed by atoms with E-state index in [1.165, 1.54) is 10.7 Å². The average Bonchev–Trinajstić information content (AvgIpc) is 3.56. The molecule has 15 heteroatoms. The number of ether oxygens (including phenoxy) is 1. The maximum atomic E-state index is 14.0. The Morgan fingerprint density at radius 1 is 1.17 bits per heavy atom. The third kappa shape index (κ3) is 6.19. The predicted octanol–water partition coefficient (Wildman–Crippen LogP) is 3.54. The lowest BCUT2D eigenvalue weighted by Crippen LogP contribution is -2.50. The van der Waals surface area contributed by atoms with Crippen molar-refractivity contribution in [1.29, 1.82) is 0 Å². The van der Waals surface area contributed by atoms with Gasteiger partial charge in [0.1, 0.15) is 5.69 Å². The maximum Gasteiger partial charge on any atom is 0.276 e. The first kappa shape index (κ1) is 28.9. The van der Waals surface area contributed by atoms with Crippen LogP contribution in [-0.2, 0) is 14.9 Å². The highest BCUT2D eigenvalue weighted by Gasteiger charge is 2.44. The minimum atomic E-state index is -3.08. The highest BCUT2D eigenvalue weighted by Crippen LogP contribution is 2.42. The Hall–Kier alpha value is -3.62. The molecule has 222 valence electrons. The highest BCUT2D eigenvalue weighted by atomic mass is 19.3. The number of halogens is 4. The molecule has 5 rings (SSSR count). The summed E-state index contributed by atoms with van der Waals surface area (Å²) in [4.78, 5) is 30.9. The van der Waals surface area contributed by atoms with Crippen molar-refractivity contribution in [2.75, 3.05) is 19.8 Å². The number of carbonyl (C=O) groups excluding carboxylic acids is 2. The van der Waals surface area contributed by atoms with Gasteiger partial charge in [0.15, 0.2) is 11.3 Å². The van der Waals surface area contributed by atoms with Crippen LogP contribution < -0.4 is 10.6 Å². The Balaban J connectivity index is 1.47. The molecule has 3 aromatic rings. The molecule has 3 aromatic heterocycles. The number of hydrogen-bond donors (Lipinski definition) is 2. The van der Waals surface area contributed by atoms with E-state index in [1.54, 1.807) is 19.2 Å². The molecule has 1 unspecified atom stereocenters. The van der Waals surface area contributed by atoms with Crippen molar-refractivity contribution < 1.29 is 36.5 Å². The second-order valence-corrected chi connectivity index (χ2v) is 11.0. The summed E-state index contributed by atoms with van der Waals surface area (Å²) in [5.41, 5.74) is 0.332. The second-order valence-electron chi connectivity index (χ2n) is 11.0. The lowest BCUT2D eigenvalue weighted by Gasteiger charge is -2.36. The first-order valence-electron chi connectivity index (χ1n) is 13.4. The van der Waals surface area contributed by atoms with Crippen molar-refractivity contribution in [2.45, 2.75) is 75.7 Å². The van der Waals surface area contributed by atoms with E-state index in [1.807, 2.05) is 0 Å². The van der Waals surface area contributed by atoms with Gasteiger partial charge in [-0.15, -0.1) is 0 Å². The summed E-state index contributed by atoms with van der Waals surface area (Å²) in [6.07, 6.45) is 3.30. The number of rotatable bonds is 8. The Morgan fingerprint density at radius 2 is 1.88 bits per heavy atom. The summed E-state index contributed by atoms with van der Waals surface area (Å²) in [6.45, 7) is 2.00. The van der Waals surface area contributed by atoms with E-state index in [9.17, 15) is 27.2 Å². The third-order valence-corrected chi connectivity index (χ3v) is 7.94. The minimum absolute atomic E-state index is 0.0227. The molecule has 0 bridgehead atoms. The Bertz CT molecular complexity index is 1400. The van der Waals surface area contributed by atoms with Gasteiger partial charge in [-0.3, -0.25) is 9.59 Å². The number of nitrogens with one attached hydrogen (secondary N) is 2. The van der Waals surface area contributed by atoms with Gasteiger partial charge in [0, 0.05) is 33.0 Å². The van der Waals surface area contributed by atoms with E-state index in [0.29, 0.717) is 16.9 Å². The molecular formula is C26H31F4N7O4. The Morgan fingerprint density at radius 3 is 2.51 bits per heavy atom. The van der Waals surface area contributed by atoms with E-state index < -0.39 is 41.7 Å². The Kier molecular flexibility index (Phi) is 7.74. The molecule has 2 N–H and O–H groups in total. The zero-order chi connectivity index (χ0) is 29.4. The summed E-state index contributed by atoms with van der Waals surface area (Å²) in [7, 11) is 0. The van der Waals surface area contributed by atoms with Crippen LogP contribution in [0.1, 0.15) is 78.9 Å². The van der Waals surface area contributed by atoms with Gasteiger partial charge in [-0.05, 0) is 55.3 Å². The van der Waals surface area contributed by atoms with Gasteiger partial charge in [-0.2, -0.15) is 5.10 Å². The number of fused-ring (bicyclic) bond motifs is 1.